The van der Waals surface area contributed by atoms with Crippen LogP contribution in [-0.4, -0.2) is 47.0 Å². The summed E-state index contributed by atoms with van der Waals surface area (Å²) in [6.45, 7) is 4.29. The van der Waals surface area contributed by atoms with Gasteiger partial charge in [-0.15, -0.1) is 5.10 Å². The van der Waals surface area contributed by atoms with Gasteiger partial charge in [0.15, 0.2) is 0 Å². The highest BCUT2D eigenvalue weighted by Crippen LogP contribution is 2.34. The van der Waals surface area contributed by atoms with E-state index >= 15 is 0 Å². The molecule has 1 aliphatic heterocycles. The molecule has 150 valence electrons. The van der Waals surface area contributed by atoms with Crippen molar-refractivity contribution < 1.29 is 13.9 Å². The molecule has 3 aromatic rings. The third-order valence-electron chi connectivity index (χ3n) is 4.61. The monoisotopic (exact) mass is 415 g/mol. The molecule has 0 atom stereocenters. The number of aromatic nitrogens is 3. The van der Waals surface area contributed by atoms with E-state index in [-0.39, 0.29) is 11.6 Å². The van der Waals surface area contributed by atoms with Crippen molar-refractivity contribution in [2.75, 3.05) is 36.5 Å². The Hall–Kier alpha value is -2.97. The van der Waals surface area contributed by atoms with E-state index in [2.05, 4.69) is 20.3 Å². The first-order chi connectivity index (χ1) is 14.0. The molecule has 1 amide bonds. The maximum Gasteiger partial charge on any atom is 0.295 e. The molecular formula is C20H19ClFN5O2. The lowest BCUT2D eigenvalue weighted by Gasteiger charge is -2.31. The van der Waals surface area contributed by atoms with Crippen molar-refractivity contribution in [1.29, 1.82) is 0 Å². The summed E-state index contributed by atoms with van der Waals surface area (Å²) in [7, 11) is 0. The van der Waals surface area contributed by atoms with Crippen LogP contribution in [-0.2, 0) is 4.74 Å². The Morgan fingerprint density at radius 2 is 1.90 bits per heavy atom. The van der Waals surface area contributed by atoms with E-state index in [4.69, 9.17) is 16.3 Å². The minimum atomic E-state index is -0.453. The molecular weight excluding hydrogens is 397 g/mol. The minimum absolute atomic E-state index is 0.0136. The van der Waals surface area contributed by atoms with E-state index in [0.717, 1.165) is 5.69 Å². The largest absolute Gasteiger partial charge is 0.378 e. The van der Waals surface area contributed by atoms with Crippen molar-refractivity contribution in [3.05, 3.63) is 65.0 Å². The van der Waals surface area contributed by atoms with Gasteiger partial charge in [-0.1, -0.05) is 17.7 Å². The van der Waals surface area contributed by atoms with Crippen LogP contribution in [0.5, 0.6) is 0 Å². The lowest BCUT2D eigenvalue weighted by molar-refractivity contribution is 0.101. The number of para-hydroxylation sites is 1. The highest BCUT2D eigenvalue weighted by molar-refractivity contribution is 6.34. The number of anilines is 2. The summed E-state index contributed by atoms with van der Waals surface area (Å²) in [6.07, 6.45) is 0. The lowest BCUT2D eigenvalue weighted by Crippen LogP contribution is -2.37. The smallest absolute Gasteiger partial charge is 0.295 e. The van der Waals surface area contributed by atoms with Crippen LogP contribution in [0.3, 0.4) is 0 Å². The summed E-state index contributed by atoms with van der Waals surface area (Å²) in [5.41, 5.74) is 1.95. The van der Waals surface area contributed by atoms with Crippen LogP contribution in [0, 0.1) is 12.7 Å². The first-order valence-electron chi connectivity index (χ1n) is 9.15. The summed E-state index contributed by atoms with van der Waals surface area (Å²) in [6, 6.07) is 11.2. The van der Waals surface area contributed by atoms with Gasteiger partial charge in [-0.3, -0.25) is 4.79 Å². The maximum absolute atomic E-state index is 13.2. The predicted molar refractivity (Wildman–Crippen MR) is 108 cm³/mol. The van der Waals surface area contributed by atoms with E-state index in [1.54, 1.807) is 37.3 Å². The Labute approximate surface area is 172 Å². The van der Waals surface area contributed by atoms with Gasteiger partial charge in [0, 0.05) is 13.1 Å². The number of benzene rings is 2. The second-order valence-corrected chi connectivity index (χ2v) is 6.97. The summed E-state index contributed by atoms with van der Waals surface area (Å²) in [5.74, 6) is -0.271. The van der Waals surface area contributed by atoms with Gasteiger partial charge in [0.05, 0.1) is 35.3 Å². The minimum Gasteiger partial charge on any atom is -0.378 e. The van der Waals surface area contributed by atoms with E-state index in [1.807, 2.05) is 0 Å². The Bertz CT molecular complexity index is 1030. The second-order valence-electron chi connectivity index (χ2n) is 6.56. The molecule has 2 aromatic carbocycles. The number of amides is 1. The number of carbonyl (C=O) groups is 1. The van der Waals surface area contributed by atoms with E-state index in [0.29, 0.717) is 48.5 Å². The lowest BCUT2D eigenvalue weighted by atomic mass is 10.2. The molecule has 0 unspecified atom stereocenters. The normalized spacial score (nSPS) is 14.1. The molecule has 1 aliphatic rings. The standard InChI is InChI=1S/C20H19ClFN5O2/c1-13-23-19(25-27(13)15-7-5-14(22)6-8-15)20(28)24-17-4-2-3-16(21)18(17)26-9-11-29-12-10-26/h2-8H,9-12H2,1H3,(H,24,28). The van der Waals surface area contributed by atoms with Gasteiger partial charge >= 0.3 is 0 Å². The summed E-state index contributed by atoms with van der Waals surface area (Å²) in [4.78, 5) is 19.1. The van der Waals surface area contributed by atoms with E-state index in [1.165, 1.54) is 16.8 Å². The van der Waals surface area contributed by atoms with Gasteiger partial charge in [0.2, 0.25) is 5.82 Å². The first-order valence-corrected chi connectivity index (χ1v) is 9.53. The van der Waals surface area contributed by atoms with Crippen LogP contribution >= 0.6 is 11.6 Å². The third kappa shape index (κ3) is 4.08. The van der Waals surface area contributed by atoms with Gasteiger partial charge in [0.1, 0.15) is 11.6 Å². The zero-order valence-electron chi connectivity index (χ0n) is 15.7. The van der Waals surface area contributed by atoms with Crippen molar-refractivity contribution in [2.24, 2.45) is 0 Å². The Morgan fingerprint density at radius 3 is 2.62 bits per heavy atom. The molecule has 9 heteroatoms. The highest BCUT2D eigenvalue weighted by atomic mass is 35.5. The average Bonchev–Trinajstić information content (AvgIpc) is 3.11. The molecule has 7 nitrogen and oxygen atoms in total. The van der Waals surface area contributed by atoms with Crippen LogP contribution in [0.4, 0.5) is 15.8 Å². The van der Waals surface area contributed by atoms with Crippen molar-refractivity contribution in [3.8, 4) is 5.69 Å². The Kier molecular flexibility index (Phi) is 5.46. The van der Waals surface area contributed by atoms with Gasteiger partial charge < -0.3 is 15.0 Å². The molecule has 1 N–H and O–H groups in total. The van der Waals surface area contributed by atoms with Crippen LogP contribution in [0.2, 0.25) is 5.02 Å². The van der Waals surface area contributed by atoms with E-state index in [9.17, 15) is 9.18 Å². The van der Waals surface area contributed by atoms with Crippen molar-refractivity contribution in [2.45, 2.75) is 6.92 Å². The number of nitrogens with one attached hydrogen (secondary N) is 1. The molecule has 1 fully saturated rings. The number of carbonyl (C=O) groups excluding carboxylic acids is 1. The molecule has 0 saturated carbocycles. The predicted octanol–water partition coefficient (Wildman–Crippen LogP) is 3.46. The third-order valence-corrected chi connectivity index (χ3v) is 4.91. The Morgan fingerprint density at radius 1 is 1.17 bits per heavy atom. The van der Waals surface area contributed by atoms with Crippen LogP contribution < -0.4 is 10.2 Å². The van der Waals surface area contributed by atoms with Gasteiger partial charge in [-0.05, 0) is 43.3 Å². The number of halogens is 2. The molecule has 0 aliphatic carbocycles. The molecule has 4 rings (SSSR count). The fraction of sp³-hybridized carbons (Fsp3) is 0.250. The number of hydrogen-bond acceptors (Lipinski definition) is 5. The number of aryl methyl sites for hydroxylation is 1. The number of morpholine rings is 1. The molecule has 1 aromatic heterocycles. The van der Waals surface area contributed by atoms with Gasteiger partial charge in [-0.2, -0.15) is 0 Å². The van der Waals surface area contributed by atoms with Crippen LogP contribution in [0.15, 0.2) is 42.5 Å². The second kappa shape index (κ2) is 8.18. The fourth-order valence-corrected chi connectivity index (χ4v) is 3.51. The SMILES string of the molecule is Cc1nc(C(=O)Nc2cccc(Cl)c2N2CCOCC2)nn1-c1ccc(F)cc1. The molecule has 2 heterocycles. The summed E-state index contributed by atoms with van der Waals surface area (Å²) < 4.78 is 20.1. The number of hydrogen-bond donors (Lipinski definition) is 1. The van der Waals surface area contributed by atoms with Gasteiger partial charge in [0.25, 0.3) is 5.91 Å². The number of nitrogens with zero attached hydrogens (tertiary/aromatic N) is 4. The van der Waals surface area contributed by atoms with Crippen LogP contribution in [0.1, 0.15) is 16.4 Å². The van der Waals surface area contributed by atoms with Crippen molar-refractivity contribution in [3.63, 3.8) is 0 Å². The topological polar surface area (TPSA) is 72.3 Å². The molecule has 1 saturated heterocycles. The van der Waals surface area contributed by atoms with E-state index < -0.39 is 5.91 Å². The Balaban J connectivity index is 1.60. The summed E-state index contributed by atoms with van der Waals surface area (Å²) in [5, 5.41) is 7.68. The van der Waals surface area contributed by atoms with Crippen molar-refractivity contribution >= 4 is 28.9 Å². The molecule has 0 spiro atoms. The fourth-order valence-electron chi connectivity index (χ4n) is 3.22. The first kappa shape index (κ1) is 19.4. The van der Waals surface area contributed by atoms with Crippen molar-refractivity contribution in [1.82, 2.24) is 14.8 Å². The quantitative estimate of drug-likeness (QED) is 0.706. The zero-order chi connectivity index (χ0) is 20.4. The highest BCUT2D eigenvalue weighted by Gasteiger charge is 2.21. The maximum atomic E-state index is 13.2. The van der Waals surface area contributed by atoms with Gasteiger partial charge in [-0.25, -0.2) is 14.1 Å². The number of rotatable bonds is 4. The van der Waals surface area contributed by atoms with Crippen LogP contribution in [0.25, 0.3) is 5.69 Å². The average molecular weight is 416 g/mol. The molecule has 0 radical (unpaired) electrons. The molecule has 29 heavy (non-hydrogen) atoms. The zero-order valence-corrected chi connectivity index (χ0v) is 16.5. The molecule has 0 bridgehead atoms. The number of ether oxygens (including phenoxy) is 1. The summed E-state index contributed by atoms with van der Waals surface area (Å²) >= 11 is 6.41.